The summed E-state index contributed by atoms with van der Waals surface area (Å²) in [6.07, 6.45) is 3.26. The van der Waals surface area contributed by atoms with E-state index in [-0.39, 0.29) is 18.6 Å². The maximum absolute atomic E-state index is 11.9. The van der Waals surface area contributed by atoms with Crippen LogP contribution in [0, 0.1) is 5.92 Å². The predicted molar refractivity (Wildman–Crippen MR) is 79.1 cm³/mol. The minimum atomic E-state index is -0.393. The molecule has 110 valence electrons. The van der Waals surface area contributed by atoms with Gasteiger partial charge in [0.2, 0.25) is 0 Å². The lowest BCUT2D eigenvalue weighted by atomic mass is 9.90. The van der Waals surface area contributed by atoms with E-state index in [1.165, 1.54) is 28.2 Å². The summed E-state index contributed by atoms with van der Waals surface area (Å²) in [4.78, 5) is 25.3. The van der Waals surface area contributed by atoms with Gasteiger partial charge in [-0.2, -0.15) is 0 Å². The van der Waals surface area contributed by atoms with Crippen LogP contribution in [0.4, 0.5) is 0 Å². The largest absolute Gasteiger partial charge is 0.451 e. The zero-order valence-electron chi connectivity index (χ0n) is 12.2. The Hall–Kier alpha value is -1.36. The van der Waals surface area contributed by atoms with Crippen molar-refractivity contribution in [1.29, 1.82) is 0 Å². The molecule has 1 N–H and O–H groups in total. The Morgan fingerprint density at radius 1 is 1.50 bits per heavy atom. The van der Waals surface area contributed by atoms with Gasteiger partial charge in [-0.05, 0) is 50.7 Å². The first-order valence-corrected chi connectivity index (χ1v) is 7.85. The minimum Gasteiger partial charge on any atom is -0.451 e. The third-order valence-electron chi connectivity index (χ3n) is 3.31. The van der Waals surface area contributed by atoms with Crippen molar-refractivity contribution in [1.82, 2.24) is 5.32 Å². The maximum atomic E-state index is 11.9. The molecule has 0 bridgehead atoms. The highest BCUT2D eigenvalue weighted by molar-refractivity contribution is 7.14. The molecule has 0 aliphatic heterocycles. The average molecular weight is 295 g/mol. The van der Waals surface area contributed by atoms with E-state index in [2.05, 4.69) is 12.2 Å². The monoisotopic (exact) mass is 295 g/mol. The summed E-state index contributed by atoms with van der Waals surface area (Å²) in [5, 5.41) is 2.69. The smallest absolute Gasteiger partial charge is 0.348 e. The SMILES string of the molecule is CC(C)NC(=O)COC(=O)c1cc2c(s1)CC[C@H](C)C2. The Morgan fingerprint density at radius 2 is 2.25 bits per heavy atom. The number of carbonyl (C=O) groups is 2. The first kappa shape index (κ1) is 15.0. The number of ether oxygens (including phenoxy) is 1. The Bertz CT molecular complexity index is 507. The molecule has 0 saturated heterocycles. The highest BCUT2D eigenvalue weighted by atomic mass is 32.1. The van der Waals surface area contributed by atoms with Gasteiger partial charge in [-0.25, -0.2) is 4.79 Å². The first-order chi connectivity index (χ1) is 9.45. The summed E-state index contributed by atoms with van der Waals surface area (Å²) in [5.74, 6) is 0.0250. The Morgan fingerprint density at radius 3 is 2.95 bits per heavy atom. The highest BCUT2D eigenvalue weighted by Gasteiger charge is 2.21. The molecule has 1 atom stereocenters. The van der Waals surface area contributed by atoms with Gasteiger partial charge in [-0.1, -0.05) is 6.92 Å². The van der Waals surface area contributed by atoms with E-state index in [1.54, 1.807) is 0 Å². The van der Waals surface area contributed by atoms with E-state index in [9.17, 15) is 9.59 Å². The van der Waals surface area contributed by atoms with Crippen LogP contribution >= 0.6 is 11.3 Å². The molecule has 1 amide bonds. The standard InChI is InChI=1S/C15H21NO3S/c1-9(2)16-14(17)8-19-15(18)13-7-11-6-10(3)4-5-12(11)20-13/h7,9-10H,4-6,8H2,1-3H3,(H,16,17)/t10-/m0/s1. The number of carbonyl (C=O) groups excluding carboxylic acids is 2. The number of amides is 1. The third-order valence-corrected chi connectivity index (χ3v) is 4.53. The lowest BCUT2D eigenvalue weighted by Gasteiger charge is -2.16. The lowest BCUT2D eigenvalue weighted by Crippen LogP contribution is -2.33. The van der Waals surface area contributed by atoms with Gasteiger partial charge >= 0.3 is 5.97 Å². The summed E-state index contributed by atoms with van der Waals surface area (Å²) in [5.41, 5.74) is 1.27. The van der Waals surface area contributed by atoms with Crippen LogP contribution in [0.3, 0.4) is 0 Å². The Labute approximate surface area is 123 Å². The van der Waals surface area contributed by atoms with Gasteiger partial charge in [-0.15, -0.1) is 11.3 Å². The van der Waals surface area contributed by atoms with Gasteiger partial charge in [0.1, 0.15) is 4.88 Å². The van der Waals surface area contributed by atoms with Crippen LogP contribution in [-0.4, -0.2) is 24.5 Å². The predicted octanol–water partition coefficient (Wildman–Crippen LogP) is 2.55. The zero-order chi connectivity index (χ0) is 14.7. The fraction of sp³-hybridized carbons (Fsp3) is 0.600. The van der Waals surface area contributed by atoms with E-state index in [0.29, 0.717) is 10.8 Å². The second kappa shape index (κ2) is 6.39. The van der Waals surface area contributed by atoms with Gasteiger partial charge in [-0.3, -0.25) is 4.79 Å². The summed E-state index contributed by atoms with van der Waals surface area (Å²) in [6.45, 7) is 5.76. The molecular formula is C15H21NO3S. The molecule has 1 aromatic rings. The highest BCUT2D eigenvalue weighted by Crippen LogP contribution is 2.32. The molecule has 5 heteroatoms. The van der Waals surface area contributed by atoms with E-state index in [0.717, 1.165) is 12.8 Å². The minimum absolute atomic E-state index is 0.0525. The van der Waals surface area contributed by atoms with Crippen molar-refractivity contribution >= 4 is 23.2 Å². The molecule has 2 rings (SSSR count). The van der Waals surface area contributed by atoms with Crippen LogP contribution in [0.2, 0.25) is 0 Å². The molecule has 20 heavy (non-hydrogen) atoms. The van der Waals surface area contributed by atoms with Crippen molar-refractivity contribution in [3.05, 3.63) is 21.4 Å². The maximum Gasteiger partial charge on any atom is 0.348 e. The number of hydrogen-bond donors (Lipinski definition) is 1. The van der Waals surface area contributed by atoms with Crippen LogP contribution in [0.15, 0.2) is 6.07 Å². The molecule has 1 heterocycles. The molecule has 1 aromatic heterocycles. The molecule has 0 radical (unpaired) electrons. The number of fused-ring (bicyclic) bond motifs is 1. The number of esters is 1. The normalized spacial score (nSPS) is 17.7. The molecule has 0 fully saturated rings. The molecule has 0 aromatic carbocycles. The van der Waals surface area contributed by atoms with Crippen LogP contribution in [0.1, 0.15) is 47.3 Å². The van der Waals surface area contributed by atoms with E-state index in [1.807, 2.05) is 19.9 Å². The van der Waals surface area contributed by atoms with Crippen molar-refractivity contribution < 1.29 is 14.3 Å². The molecule has 1 aliphatic carbocycles. The number of nitrogens with one attached hydrogen (secondary N) is 1. The van der Waals surface area contributed by atoms with Crippen molar-refractivity contribution in [3.8, 4) is 0 Å². The van der Waals surface area contributed by atoms with Gasteiger partial charge in [0.25, 0.3) is 5.91 Å². The fourth-order valence-electron chi connectivity index (χ4n) is 2.37. The summed E-state index contributed by atoms with van der Waals surface area (Å²) < 4.78 is 5.05. The quantitative estimate of drug-likeness (QED) is 0.869. The average Bonchev–Trinajstić information content (AvgIpc) is 2.78. The Kier molecular flexibility index (Phi) is 4.81. The second-order valence-corrected chi connectivity index (χ2v) is 6.84. The van der Waals surface area contributed by atoms with Crippen LogP contribution < -0.4 is 5.32 Å². The number of thiophene rings is 1. The summed E-state index contributed by atoms with van der Waals surface area (Å²) in [6, 6.07) is 1.98. The van der Waals surface area contributed by atoms with Gasteiger partial charge in [0.15, 0.2) is 6.61 Å². The van der Waals surface area contributed by atoms with Crippen LogP contribution in [0.5, 0.6) is 0 Å². The van der Waals surface area contributed by atoms with Crippen LogP contribution in [-0.2, 0) is 22.4 Å². The van der Waals surface area contributed by atoms with Gasteiger partial charge in [0, 0.05) is 10.9 Å². The van der Waals surface area contributed by atoms with E-state index >= 15 is 0 Å². The second-order valence-electron chi connectivity index (χ2n) is 5.71. The number of hydrogen-bond acceptors (Lipinski definition) is 4. The zero-order valence-corrected chi connectivity index (χ0v) is 13.0. The molecular weight excluding hydrogens is 274 g/mol. The molecule has 4 nitrogen and oxygen atoms in total. The van der Waals surface area contributed by atoms with E-state index in [4.69, 9.17) is 4.74 Å². The third kappa shape index (κ3) is 3.82. The molecule has 1 aliphatic rings. The molecule has 0 saturated carbocycles. The van der Waals surface area contributed by atoms with Crippen molar-refractivity contribution in [2.75, 3.05) is 6.61 Å². The molecule has 0 unspecified atom stereocenters. The lowest BCUT2D eigenvalue weighted by molar-refractivity contribution is -0.124. The van der Waals surface area contributed by atoms with E-state index < -0.39 is 5.97 Å². The molecule has 0 spiro atoms. The van der Waals surface area contributed by atoms with Crippen molar-refractivity contribution in [2.45, 2.75) is 46.1 Å². The first-order valence-electron chi connectivity index (χ1n) is 7.03. The number of aryl methyl sites for hydroxylation is 1. The van der Waals surface area contributed by atoms with Crippen molar-refractivity contribution in [2.24, 2.45) is 5.92 Å². The number of rotatable bonds is 4. The topological polar surface area (TPSA) is 55.4 Å². The summed E-state index contributed by atoms with van der Waals surface area (Å²) >= 11 is 1.50. The van der Waals surface area contributed by atoms with Gasteiger partial charge < -0.3 is 10.1 Å². The van der Waals surface area contributed by atoms with Crippen molar-refractivity contribution in [3.63, 3.8) is 0 Å². The van der Waals surface area contributed by atoms with Gasteiger partial charge in [0.05, 0.1) is 0 Å². The summed E-state index contributed by atoms with van der Waals surface area (Å²) in [7, 11) is 0. The Balaban J connectivity index is 1.92. The van der Waals surface area contributed by atoms with Crippen LogP contribution in [0.25, 0.3) is 0 Å². The fourth-order valence-corrected chi connectivity index (χ4v) is 3.47.